The molecule has 1 amide bonds. The minimum atomic E-state index is -0.911. The molecular formula is C29H24N2O5S. The number of hydrogen-bond donors (Lipinski definition) is 2. The number of carbonyl (C=O) groups excluding carboxylic acids is 2. The van der Waals surface area contributed by atoms with Gasteiger partial charge in [-0.2, -0.15) is 0 Å². The van der Waals surface area contributed by atoms with Gasteiger partial charge in [-0.1, -0.05) is 29.5 Å². The maximum absolute atomic E-state index is 13.5. The summed E-state index contributed by atoms with van der Waals surface area (Å²) in [5, 5.41) is 21.7. The van der Waals surface area contributed by atoms with E-state index in [1.807, 2.05) is 32.9 Å². The van der Waals surface area contributed by atoms with Gasteiger partial charge in [0.25, 0.3) is 5.78 Å². The number of fused-ring (bicyclic) bond motifs is 2. The molecule has 2 aliphatic rings. The zero-order valence-electron chi connectivity index (χ0n) is 20.5. The Hall–Kier alpha value is -4.17. The van der Waals surface area contributed by atoms with E-state index in [4.69, 9.17) is 9.72 Å². The van der Waals surface area contributed by atoms with Gasteiger partial charge in [-0.15, -0.1) is 0 Å². The van der Waals surface area contributed by atoms with Gasteiger partial charge in [0.15, 0.2) is 5.13 Å². The van der Waals surface area contributed by atoms with E-state index < -0.39 is 17.7 Å². The van der Waals surface area contributed by atoms with Crippen LogP contribution in [0.25, 0.3) is 16.0 Å². The summed E-state index contributed by atoms with van der Waals surface area (Å²) in [6.45, 7) is 5.93. The predicted molar refractivity (Wildman–Crippen MR) is 142 cm³/mol. The highest BCUT2D eigenvalue weighted by Gasteiger charge is 2.48. The minimum Gasteiger partial charge on any atom is -0.508 e. The van der Waals surface area contributed by atoms with Crippen molar-refractivity contribution >= 4 is 44.1 Å². The lowest BCUT2D eigenvalue weighted by molar-refractivity contribution is -0.132. The van der Waals surface area contributed by atoms with Crippen LogP contribution in [-0.4, -0.2) is 33.0 Å². The first kappa shape index (κ1) is 23.2. The number of phenols is 1. The van der Waals surface area contributed by atoms with Crippen LogP contribution in [0.2, 0.25) is 0 Å². The summed E-state index contributed by atoms with van der Waals surface area (Å²) in [6, 6.07) is 14.7. The number of ether oxygens (including phenoxy) is 1. The smallest absolute Gasteiger partial charge is 0.301 e. The molecule has 1 fully saturated rings. The van der Waals surface area contributed by atoms with Gasteiger partial charge >= 0.3 is 5.91 Å². The van der Waals surface area contributed by atoms with Gasteiger partial charge in [0.2, 0.25) is 0 Å². The average molecular weight is 513 g/mol. The Morgan fingerprint density at radius 1 is 1.08 bits per heavy atom. The summed E-state index contributed by atoms with van der Waals surface area (Å²) in [4.78, 5) is 33.1. The molecule has 6 rings (SSSR count). The van der Waals surface area contributed by atoms with Crippen LogP contribution < -0.4 is 9.64 Å². The van der Waals surface area contributed by atoms with Gasteiger partial charge in [-0.05, 0) is 79.4 Å². The van der Waals surface area contributed by atoms with Crippen molar-refractivity contribution in [2.75, 3.05) is 4.90 Å². The summed E-state index contributed by atoms with van der Waals surface area (Å²) in [7, 11) is 0. The van der Waals surface area contributed by atoms with Crippen molar-refractivity contribution in [1.29, 1.82) is 0 Å². The van der Waals surface area contributed by atoms with Crippen molar-refractivity contribution in [2.24, 2.45) is 0 Å². The largest absolute Gasteiger partial charge is 0.508 e. The SMILES string of the molecule is Cc1cc(C)c2nc(N3C(=O)C(=O)/C(=C(/O)c4ccc5c(c4)C[C@@H](C)O5)[C@H]3c3ccc(O)cc3)sc2c1. The number of aliphatic hydroxyl groups excluding tert-OH is 1. The highest BCUT2D eigenvalue weighted by atomic mass is 32.1. The number of ketones is 1. The molecule has 1 aromatic heterocycles. The molecule has 186 valence electrons. The minimum absolute atomic E-state index is 0.0187. The molecule has 0 spiro atoms. The Morgan fingerprint density at radius 3 is 2.59 bits per heavy atom. The molecular weight excluding hydrogens is 488 g/mol. The molecule has 0 saturated carbocycles. The molecule has 37 heavy (non-hydrogen) atoms. The van der Waals surface area contributed by atoms with Crippen molar-refractivity contribution in [1.82, 2.24) is 4.98 Å². The van der Waals surface area contributed by atoms with Crippen LogP contribution in [0, 0.1) is 13.8 Å². The molecule has 0 radical (unpaired) electrons. The van der Waals surface area contributed by atoms with E-state index in [0.717, 1.165) is 32.7 Å². The molecule has 3 aromatic carbocycles. The van der Waals surface area contributed by atoms with Crippen LogP contribution in [-0.2, 0) is 16.0 Å². The molecule has 0 unspecified atom stereocenters. The number of aliphatic hydroxyl groups is 1. The van der Waals surface area contributed by atoms with Crippen LogP contribution in [0.5, 0.6) is 11.5 Å². The Morgan fingerprint density at radius 2 is 1.84 bits per heavy atom. The average Bonchev–Trinajstić information content (AvgIpc) is 3.52. The Labute approximate surface area is 217 Å². The van der Waals surface area contributed by atoms with Gasteiger partial charge in [-0.3, -0.25) is 14.5 Å². The van der Waals surface area contributed by atoms with Crippen molar-refractivity contribution in [2.45, 2.75) is 39.3 Å². The quantitative estimate of drug-likeness (QED) is 0.212. The molecule has 8 heteroatoms. The summed E-state index contributed by atoms with van der Waals surface area (Å²) in [6.07, 6.45) is 0.720. The maximum Gasteiger partial charge on any atom is 0.301 e. The van der Waals surface area contributed by atoms with Crippen molar-refractivity contribution < 1.29 is 24.5 Å². The van der Waals surface area contributed by atoms with Gasteiger partial charge in [-0.25, -0.2) is 4.98 Å². The third-order valence-corrected chi connectivity index (χ3v) is 7.85. The Kier molecular flexibility index (Phi) is 5.31. The van der Waals surface area contributed by atoms with Crippen LogP contribution in [0.15, 0.2) is 60.2 Å². The molecule has 2 aliphatic heterocycles. The van der Waals surface area contributed by atoms with E-state index >= 15 is 0 Å². The number of thiazole rings is 1. The number of hydrogen-bond acceptors (Lipinski definition) is 7. The van der Waals surface area contributed by atoms with Gasteiger partial charge in [0.05, 0.1) is 21.8 Å². The zero-order chi connectivity index (χ0) is 26.0. The van der Waals surface area contributed by atoms with Crippen molar-refractivity contribution in [3.05, 3.63) is 88.0 Å². The molecule has 2 atom stereocenters. The second-order valence-electron chi connectivity index (χ2n) is 9.64. The van der Waals surface area contributed by atoms with E-state index in [1.165, 1.54) is 28.4 Å². The van der Waals surface area contributed by atoms with E-state index in [9.17, 15) is 19.8 Å². The lowest BCUT2D eigenvalue weighted by Gasteiger charge is -2.23. The van der Waals surface area contributed by atoms with E-state index in [2.05, 4.69) is 0 Å². The number of rotatable bonds is 3. The van der Waals surface area contributed by atoms with Gasteiger partial charge in [0, 0.05) is 12.0 Å². The first-order valence-electron chi connectivity index (χ1n) is 12.0. The third-order valence-electron chi connectivity index (χ3n) is 6.85. The number of carbonyl (C=O) groups is 2. The predicted octanol–water partition coefficient (Wildman–Crippen LogP) is 5.57. The second-order valence-corrected chi connectivity index (χ2v) is 10.6. The van der Waals surface area contributed by atoms with Crippen molar-refractivity contribution in [3.8, 4) is 11.5 Å². The number of anilines is 1. The number of aryl methyl sites for hydroxylation is 2. The lowest BCUT2D eigenvalue weighted by Crippen LogP contribution is -2.29. The van der Waals surface area contributed by atoms with Crippen LogP contribution in [0.1, 0.15) is 40.8 Å². The first-order chi connectivity index (χ1) is 17.7. The molecule has 2 N–H and O–H groups in total. The summed E-state index contributed by atoms with van der Waals surface area (Å²) in [5.74, 6) is -0.993. The normalized spacial score (nSPS) is 20.5. The Bertz CT molecular complexity index is 1640. The van der Waals surface area contributed by atoms with Gasteiger partial charge < -0.3 is 14.9 Å². The van der Waals surface area contributed by atoms with Gasteiger partial charge in [0.1, 0.15) is 23.4 Å². The zero-order valence-corrected chi connectivity index (χ0v) is 21.3. The molecule has 0 bridgehead atoms. The number of aromatic nitrogens is 1. The first-order valence-corrected chi connectivity index (χ1v) is 12.8. The van der Waals surface area contributed by atoms with Crippen molar-refractivity contribution in [3.63, 3.8) is 0 Å². The number of phenolic OH excluding ortho intramolecular Hbond substituents is 1. The standard InChI is InChI=1S/C29H24N2O5S/c1-14-10-15(2)24-22(11-14)37-29(30-24)31-25(17-4-7-20(32)8-5-17)23(27(34)28(31)35)26(33)18-6-9-21-19(13-18)12-16(3)36-21/h4-11,13,16,25,32-33H,12H2,1-3H3/b26-23+/t16-,25-/m1/s1. The van der Waals surface area contributed by atoms with E-state index in [1.54, 1.807) is 30.3 Å². The number of nitrogens with zero attached hydrogens (tertiary/aromatic N) is 2. The lowest BCUT2D eigenvalue weighted by atomic mass is 9.94. The summed E-state index contributed by atoms with van der Waals surface area (Å²) < 4.78 is 6.68. The highest BCUT2D eigenvalue weighted by molar-refractivity contribution is 7.22. The number of Topliss-reactive ketones (excluding diaryl/α,β-unsaturated/α-hetero) is 1. The monoisotopic (exact) mass is 512 g/mol. The van der Waals surface area contributed by atoms with Crippen LogP contribution in [0.3, 0.4) is 0 Å². The molecule has 1 saturated heterocycles. The molecule has 7 nitrogen and oxygen atoms in total. The summed E-state index contributed by atoms with van der Waals surface area (Å²) >= 11 is 1.33. The van der Waals surface area contributed by atoms with Crippen LogP contribution in [0.4, 0.5) is 5.13 Å². The summed E-state index contributed by atoms with van der Waals surface area (Å²) in [5.41, 5.74) is 4.75. The molecule has 3 heterocycles. The fourth-order valence-electron chi connectivity index (χ4n) is 5.19. The number of amides is 1. The van der Waals surface area contributed by atoms with E-state index in [0.29, 0.717) is 22.7 Å². The number of aromatic hydroxyl groups is 1. The highest BCUT2D eigenvalue weighted by Crippen LogP contribution is 2.45. The topological polar surface area (TPSA) is 100.0 Å². The fraction of sp³-hybridized carbons (Fsp3) is 0.207. The maximum atomic E-state index is 13.5. The molecule has 4 aromatic rings. The Balaban J connectivity index is 1.54. The second kappa shape index (κ2) is 8.45. The number of benzene rings is 3. The fourth-order valence-corrected chi connectivity index (χ4v) is 6.36. The van der Waals surface area contributed by atoms with Crippen LogP contribution >= 0.6 is 11.3 Å². The van der Waals surface area contributed by atoms with E-state index in [-0.39, 0.29) is 23.2 Å². The molecule has 0 aliphatic carbocycles. The third kappa shape index (κ3) is 3.76.